The van der Waals surface area contributed by atoms with Crippen LogP contribution in [0.2, 0.25) is 0 Å². The van der Waals surface area contributed by atoms with Gasteiger partial charge in [-0.3, -0.25) is 9.59 Å². The first kappa shape index (κ1) is 28.0. The van der Waals surface area contributed by atoms with Gasteiger partial charge in [0.25, 0.3) is 11.5 Å². The monoisotopic (exact) mass is 593 g/mol. The summed E-state index contributed by atoms with van der Waals surface area (Å²) in [5.41, 5.74) is 2.22. The molecular weight excluding hydrogens is 565 g/mol. The van der Waals surface area contributed by atoms with Crippen LogP contribution in [0.4, 0.5) is 15.8 Å². The molecule has 1 N–H and O–H groups in total. The van der Waals surface area contributed by atoms with Gasteiger partial charge in [-0.05, 0) is 61.0 Å². The maximum absolute atomic E-state index is 13.5. The normalized spacial score (nSPS) is 12.1. The minimum Gasteiger partial charge on any atom is -0.483 e. The lowest BCUT2D eigenvalue weighted by Gasteiger charge is -2.16. The van der Waals surface area contributed by atoms with Crippen molar-refractivity contribution in [1.29, 1.82) is 0 Å². The van der Waals surface area contributed by atoms with Crippen molar-refractivity contribution in [3.8, 4) is 5.75 Å². The van der Waals surface area contributed by atoms with Crippen molar-refractivity contribution < 1.29 is 13.9 Å². The van der Waals surface area contributed by atoms with Crippen molar-refractivity contribution in [2.45, 2.75) is 26.2 Å². The lowest BCUT2D eigenvalue weighted by atomic mass is 10.1. The van der Waals surface area contributed by atoms with Crippen LogP contribution in [0.5, 0.6) is 5.75 Å². The Morgan fingerprint density at radius 1 is 1.18 bits per heavy atom. The number of hydrogen-bond acceptors (Lipinski definition) is 6. The molecule has 0 saturated heterocycles. The number of nitrogens with zero attached hydrogens (tertiary/aromatic N) is 4. The van der Waals surface area contributed by atoms with Gasteiger partial charge in [0.1, 0.15) is 17.4 Å². The van der Waals surface area contributed by atoms with E-state index in [1.165, 1.54) is 35.2 Å². The third-order valence-electron chi connectivity index (χ3n) is 6.20. The van der Waals surface area contributed by atoms with Crippen molar-refractivity contribution >= 4 is 50.3 Å². The average Bonchev–Trinajstić information content (AvgIpc) is 2.92. The number of amides is 1. The summed E-state index contributed by atoms with van der Waals surface area (Å²) in [6.07, 6.45) is 2.31. The Labute approximate surface area is 234 Å². The molecule has 10 heteroatoms. The van der Waals surface area contributed by atoms with Gasteiger partial charge in [0, 0.05) is 47.5 Å². The van der Waals surface area contributed by atoms with Crippen LogP contribution in [0.3, 0.4) is 0 Å². The predicted molar refractivity (Wildman–Crippen MR) is 157 cm³/mol. The van der Waals surface area contributed by atoms with Crippen LogP contribution in [0, 0.1) is 5.82 Å². The van der Waals surface area contributed by atoms with Gasteiger partial charge in [0.15, 0.2) is 6.61 Å². The van der Waals surface area contributed by atoms with E-state index in [4.69, 9.17) is 9.72 Å². The van der Waals surface area contributed by atoms with E-state index >= 15 is 0 Å². The lowest BCUT2D eigenvalue weighted by molar-refractivity contribution is -0.118. The Kier molecular flexibility index (Phi) is 8.75. The van der Waals surface area contributed by atoms with Crippen LogP contribution >= 0.6 is 15.9 Å². The summed E-state index contributed by atoms with van der Waals surface area (Å²) < 4.78 is 21.1. The van der Waals surface area contributed by atoms with Crippen molar-refractivity contribution in [3.63, 3.8) is 0 Å². The maximum Gasteiger partial charge on any atom is 0.282 e. The number of anilines is 2. The van der Waals surface area contributed by atoms with Gasteiger partial charge in [0.2, 0.25) is 0 Å². The molecule has 1 aromatic heterocycles. The average molecular weight is 594 g/mol. The van der Waals surface area contributed by atoms with Crippen LogP contribution in [0.15, 0.2) is 75.0 Å². The van der Waals surface area contributed by atoms with Gasteiger partial charge < -0.3 is 15.0 Å². The summed E-state index contributed by atoms with van der Waals surface area (Å²) in [6, 6.07) is 16.4. The van der Waals surface area contributed by atoms with Crippen LogP contribution in [0.25, 0.3) is 10.9 Å². The Hall–Kier alpha value is -4.05. The molecule has 0 bridgehead atoms. The van der Waals surface area contributed by atoms with Gasteiger partial charge in [0.05, 0.1) is 17.1 Å². The zero-order chi connectivity index (χ0) is 28.1. The highest BCUT2D eigenvalue weighted by atomic mass is 79.9. The number of ether oxygens (including phenoxy) is 1. The molecule has 0 aliphatic rings. The highest BCUT2D eigenvalue weighted by molar-refractivity contribution is 9.10. The number of hydrogen-bond donors (Lipinski definition) is 1. The number of carbonyl (C=O) groups excluding carboxylic acids is 1. The second-order valence-electron chi connectivity index (χ2n) is 9.26. The molecule has 3 aromatic carbocycles. The van der Waals surface area contributed by atoms with Crippen molar-refractivity contribution in [1.82, 2.24) is 9.66 Å². The summed E-state index contributed by atoms with van der Waals surface area (Å²) in [4.78, 5) is 32.6. The first-order valence-corrected chi connectivity index (χ1v) is 13.2. The molecule has 0 unspecified atom stereocenters. The Morgan fingerprint density at radius 3 is 2.62 bits per heavy atom. The van der Waals surface area contributed by atoms with Crippen LogP contribution in [-0.2, 0) is 4.79 Å². The summed E-state index contributed by atoms with van der Waals surface area (Å²) >= 11 is 3.42. The summed E-state index contributed by atoms with van der Waals surface area (Å²) in [6.45, 7) is 3.75. The Balaban J connectivity index is 1.67. The number of rotatable bonds is 9. The number of aromatic nitrogens is 2. The van der Waals surface area contributed by atoms with Gasteiger partial charge in [-0.1, -0.05) is 29.8 Å². The van der Waals surface area contributed by atoms with Gasteiger partial charge >= 0.3 is 0 Å². The molecule has 4 rings (SSSR count). The molecule has 4 aromatic rings. The van der Waals surface area contributed by atoms with E-state index in [1.807, 2.05) is 57.1 Å². The molecule has 0 fully saturated rings. The summed E-state index contributed by atoms with van der Waals surface area (Å²) in [5.74, 6) is 0.163. The molecule has 0 spiro atoms. The molecule has 0 radical (unpaired) electrons. The van der Waals surface area contributed by atoms with Crippen molar-refractivity contribution in [3.05, 3.63) is 92.7 Å². The highest BCUT2D eigenvalue weighted by Crippen LogP contribution is 2.25. The molecule has 0 saturated carbocycles. The third kappa shape index (κ3) is 6.69. The SMILES string of the molecule is CC[C@H](C)c1nc2ccc(Br)cc2c(=O)n1N=Cc1ccc(N(C)C)cc1OCC(=O)Nc1ccc(F)cc1. The van der Waals surface area contributed by atoms with Crippen LogP contribution in [-0.4, -0.2) is 42.5 Å². The fraction of sp³-hybridized carbons (Fsp3) is 0.241. The van der Waals surface area contributed by atoms with Gasteiger partial charge in [-0.15, -0.1) is 0 Å². The third-order valence-corrected chi connectivity index (χ3v) is 6.69. The second kappa shape index (κ2) is 12.2. The summed E-state index contributed by atoms with van der Waals surface area (Å²) in [7, 11) is 3.79. The lowest BCUT2D eigenvalue weighted by Crippen LogP contribution is -2.24. The quantitative estimate of drug-likeness (QED) is 0.249. The first-order chi connectivity index (χ1) is 18.7. The van der Waals surface area contributed by atoms with Crippen molar-refractivity contribution in [2.75, 3.05) is 30.9 Å². The predicted octanol–water partition coefficient (Wildman–Crippen LogP) is 5.78. The number of benzene rings is 3. The first-order valence-electron chi connectivity index (χ1n) is 12.4. The van der Waals surface area contributed by atoms with Crippen molar-refractivity contribution in [2.24, 2.45) is 5.10 Å². The smallest absolute Gasteiger partial charge is 0.282 e. The molecule has 1 amide bonds. The Bertz CT molecular complexity index is 1580. The van der Waals surface area contributed by atoms with E-state index in [-0.39, 0.29) is 18.1 Å². The van der Waals surface area contributed by atoms with E-state index in [9.17, 15) is 14.0 Å². The number of halogens is 2. The van der Waals surface area contributed by atoms with Gasteiger partial charge in [-0.25, -0.2) is 9.37 Å². The second-order valence-corrected chi connectivity index (χ2v) is 10.2. The number of carbonyl (C=O) groups is 1. The zero-order valence-corrected chi connectivity index (χ0v) is 23.7. The van der Waals surface area contributed by atoms with Gasteiger partial charge in [-0.2, -0.15) is 9.78 Å². The largest absolute Gasteiger partial charge is 0.483 e. The van der Waals surface area contributed by atoms with E-state index < -0.39 is 11.7 Å². The minimum atomic E-state index is -0.403. The molecule has 8 nitrogen and oxygen atoms in total. The zero-order valence-electron chi connectivity index (χ0n) is 22.1. The molecule has 1 heterocycles. The molecule has 202 valence electrons. The topological polar surface area (TPSA) is 88.8 Å². The Morgan fingerprint density at radius 2 is 1.92 bits per heavy atom. The molecule has 39 heavy (non-hydrogen) atoms. The highest BCUT2D eigenvalue weighted by Gasteiger charge is 2.16. The fourth-order valence-corrected chi connectivity index (χ4v) is 4.17. The summed E-state index contributed by atoms with van der Waals surface area (Å²) in [5, 5.41) is 7.66. The van der Waals surface area contributed by atoms with E-state index in [0.717, 1.165) is 16.6 Å². The van der Waals surface area contributed by atoms with Crippen LogP contribution in [0.1, 0.15) is 37.6 Å². The van der Waals surface area contributed by atoms with Crippen LogP contribution < -0.4 is 20.5 Å². The standard InChI is InChI=1S/C29H29BrFN5O3/c1-5-18(2)28-34-25-13-7-20(30)14-24(25)29(38)36(28)32-16-19-6-12-23(35(3)4)15-26(19)39-17-27(37)33-22-10-8-21(31)9-11-22/h6-16,18H,5,17H2,1-4H3,(H,33,37)/t18-/m0/s1. The van der Waals surface area contributed by atoms with E-state index in [2.05, 4.69) is 26.3 Å². The molecule has 1 atom stereocenters. The van der Waals surface area contributed by atoms with E-state index in [0.29, 0.717) is 33.7 Å². The number of nitrogens with one attached hydrogen (secondary N) is 1. The minimum absolute atomic E-state index is 0.00936. The molecular formula is C29H29BrFN5O3. The van der Waals surface area contributed by atoms with E-state index in [1.54, 1.807) is 12.1 Å². The molecule has 0 aliphatic carbocycles. The molecule has 0 aliphatic heterocycles. The number of fused-ring (bicyclic) bond motifs is 1. The fourth-order valence-electron chi connectivity index (χ4n) is 3.81. The maximum atomic E-state index is 13.5.